The molecule has 2 rings (SSSR count). The van der Waals surface area contributed by atoms with Crippen LogP contribution < -0.4 is 10.6 Å². The average molecular weight is 309 g/mol. The van der Waals surface area contributed by atoms with Crippen LogP contribution in [0.4, 0.5) is 0 Å². The summed E-state index contributed by atoms with van der Waals surface area (Å²) < 4.78 is 0. The first-order valence-corrected chi connectivity index (χ1v) is 10.3. The molecule has 0 bridgehead atoms. The van der Waals surface area contributed by atoms with E-state index in [9.17, 15) is 0 Å². The quantitative estimate of drug-likeness (QED) is 0.634. The zero-order valence-electron chi connectivity index (χ0n) is 15.2. The third-order valence-corrected chi connectivity index (χ3v) is 5.96. The van der Waals surface area contributed by atoms with E-state index in [1.165, 1.54) is 90.1 Å². The smallest absolute Gasteiger partial charge is 0.0252 e. The Labute approximate surface area is 139 Å². The van der Waals surface area contributed by atoms with Crippen LogP contribution in [0.15, 0.2) is 0 Å². The molecule has 2 aliphatic rings. The summed E-state index contributed by atoms with van der Waals surface area (Å²) in [6.07, 6.45) is 17.1. The fourth-order valence-corrected chi connectivity index (χ4v) is 4.78. The van der Waals surface area contributed by atoms with Gasteiger partial charge in [0.15, 0.2) is 0 Å². The first-order valence-electron chi connectivity index (χ1n) is 10.3. The summed E-state index contributed by atoms with van der Waals surface area (Å²) in [5.41, 5.74) is 0. The van der Waals surface area contributed by atoms with E-state index in [0.29, 0.717) is 0 Å². The van der Waals surface area contributed by atoms with Crippen LogP contribution >= 0.6 is 0 Å². The summed E-state index contributed by atoms with van der Waals surface area (Å²) in [5.74, 6) is 1.83. The topological polar surface area (TPSA) is 24.1 Å². The Morgan fingerprint density at radius 2 is 1.00 bits per heavy atom. The van der Waals surface area contributed by atoms with Crippen molar-refractivity contribution in [1.82, 2.24) is 10.6 Å². The molecule has 0 saturated heterocycles. The fraction of sp³-hybridized carbons (Fsp3) is 1.00. The molecule has 2 aliphatic carbocycles. The summed E-state index contributed by atoms with van der Waals surface area (Å²) in [7, 11) is 0. The van der Waals surface area contributed by atoms with E-state index < -0.39 is 0 Å². The molecule has 2 N–H and O–H groups in total. The van der Waals surface area contributed by atoms with Crippen molar-refractivity contribution >= 4 is 0 Å². The highest BCUT2D eigenvalue weighted by molar-refractivity contribution is 4.93. The average Bonchev–Trinajstić information content (AvgIpc) is 2.59. The van der Waals surface area contributed by atoms with Crippen LogP contribution in [0, 0.1) is 11.8 Å². The molecule has 0 aromatic carbocycles. The molecular formula is C20H40N2. The van der Waals surface area contributed by atoms with Crippen molar-refractivity contribution in [3.63, 3.8) is 0 Å². The summed E-state index contributed by atoms with van der Waals surface area (Å²) in [5, 5.41) is 7.97. The van der Waals surface area contributed by atoms with Gasteiger partial charge in [-0.25, -0.2) is 0 Å². The van der Waals surface area contributed by atoms with Crippen LogP contribution in [0.2, 0.25) is 0 Å². The Morgan fingerprint density at radius 1 is 0.636 bits per heavy atom. The molecule has 2 heteroatoms. The van der Waals surface area contributed by atoms with E-state index in [1.54, 1.807) is 0 Å². The Hall–Kier alpha value is -0.0800. The molecule has 0 heterocycles. The molecule has 0 aromatic rings. The lowest BCUT2D eigenvalue weighted by atomic mass is 9.74. The van der Waals surface area contributed by atoms with Crippen LogP contribution in [0.3, 0.4) is 0 Å². The van der Waals surface area contributed by atoms with Gasteiger partial charge in [-0.2, -0.15) is 0 Å². The molecule has 2 nitrogen and oxygen atoms in total. The van der Waals surface area contributed by atoms with Gasteiger partial charge in [-0.15, -0.1) is 0 Å². The second-order valence-electron chi connectivity index (χ2n) is 7.76. The number of rotatable bonds is 9. The molecule has 0 aromatic heterocycles. The van der Waals surface area contributed by atoms with E-state index in [1.807, 2.05) is 0 Å². The third-order valence-electron chi connectivity index (χ3n) is 5.96. The van der Waals surface area contributed by atoms with Gasteiger partial charge in [0.2, 0.25) is 0 Å². The Balaban J connectivity index is 2.05. The zero-order chi connectivity index (χ0) is 15.6. The maximum Gasteiger partial charge on any atom is 0.0252 e. The molecule has 0 aliphatic heterocycles. The molecule has 2 saturated carbocycles. The predicted octanol–water partition coefficient (Wildman–Crippen LogP) is 4.88. The van der Waals surface area contributed by atoms with Crippen molar-refractivity contribution in [2.24, 2.45) is 11.8 Å². The van der Waals surface area contributed by atoms with Crippen molar-refractivity contribution in [2.75, 3.05) is 13.1 Å². The standard InChI is InChI=1S/C20H40N2/c1-3-15-21-19(17-11-7-5-8-12-17)20(22-16-4-2)18-13-9-6-10-14-18/h17-22H,3-16H2,1-2H3. The second kappa shape index (κ2) is 10.6. The van der Waals surface area contributed by atoms with Gasteiger partial charge in [0.1, 0.15) is 0 Å². The monoisotopic (exact) mass is 308 g/mol. The minimum absolute atomic E-state index is 0.717. The van der Waals surface area contributed by atoms with Gasteiger partial charge in [0.05, 0.1) is 0 Å². The lowest BCUT2D eigenvalue weighted by molar-refractivity contribution is 0.158. The molecule has 130 valence electrons. The van der Waals surface area contributed by atoms with Crippen LogP contribution in [0.1, 0.15) is 90.9 Å². The van der Waals surface area contributed by atoms with Crippen LogP contribution in [0.5, 0.6) is 0 Å². The molecule has 2 unspecified atom stereocenters. The largest absolute Gasteiger partial charge is 0.312 e. The summed E-state index contributed by atoms with van der Waals surface area (Å²) >= 11 is 0. The van der Waals surface area contributed by atoms with Crippen molar-refractivity contribution in [3.05, 3.63) is 0 Å². The van der Waals surface area contributed by atoms with Gasteiger partial charge in [0.25, 0.3) is 0 Å². The highest BCUT2D eigenvalue weighted by Gasteiger charge is 2.34. The van der Waals surface area contributed by atoms with Crippen molar-refractivity contribution in [3.8, 4) is 0 Å². The minimum atomic E-state index is 0.717. The van der Waals surface area contributed by atoms with Gasteiger partial charge in [0, 0.05) is 12.1 Å². The number of hydrogen-bond acceptors (Lipinski definition) is 2. The Kier molecular flexibility index (Phi) is 8.84. The molecule has 2 fully saturated rings. The van der Waals surface area contributed by atoms with Crippen molar-refractivity contribution in [2.45, 2.75) is 103 Å². The van der Waals surface area contributed by atoms with Gasteiger partial charge in [-0.1, -0.05) is 52.4 Å². The van der Waals surface area contributed by atoms with Crippen LogP contribution in [-0.4, -0.2) is 25.2 Å². The predicted molar refractivity (Wildman–Crippen MR) is 97.3 cm³/mol. The lowest BCUT2D eigenvalue weighted by Gasteiger charge is -2.42. The summed E-state index contributed by atoms with van der Waals surface area (Å²) in [6, 6.07) is 1.43. The Morgan fingerprint density at radius 3 is 1.32 bits per heavy atom. The van der Waals surface area contributed by atoms with Crippen molar-refractivity contribution in [1.29, 1.82) is 0 Å². The van der Waals surface area contributed by atoms with Gasteiger partial charge >= 0.3 is 0 Å². The highest BCUT2D eigenvalue weighted by atomic mass is 15.0. The molecule has 22 heavy (non-hydrogen) atoms. The Bertz CT molecular complexity index is 239. The molecule has 2 atom stereocenters. The first kappa shape index (κ1) is 18.3. The second-order valence-corrected chi connectivity index (χ2v) is 7.76. The SMILES string of the molecule is CCCNC(C1CCCCC1)C(NCCC)C1CCCCC1. The van der Waals surface area contributed by atoms with E-state index in [4.69, 9.17) is 0 Å². The van der Waals surface area contributed by atoms with E-state index in [2.05, 4.69) is 24.5 Å². The van der Waals surface area contributed by atoms with Crippen molar-refractivity contribution < 1.29 is 0 Å². The van der Waals surface area contributed by atoms with Crippen LogP contribution in [0.25, 0.3) is 0 Å². The number of nitrogens with one attached hydrogen (secondary N) is 2. The van der Waals surface area contributed by atoms with Gasteiger partial charge in [-0.05, 0) is 63.5 Å². The zero-order valence-corrected chi connectivity index (χ0v) is 15.2. The fourth-order valence-electron chi connectivity index (χ4n) is 4.78. The lowest BCUT2D eigenvalue weighted by Crippen LogP contribution is -2.56. The maximum absolute atomic E-state index is 3.98. The summed E-state index contributed by atoms with van der Waals surface area (Å²) in [6.45, 7) is 7.00. The van der Waals surface area contributed by atoms with E-state index in [0.717, 1.165) is 23.9 Å². The van der Waals surface area contributed by atoms with Gasteiger partial charge in [-0.3, -0.25) is 0 Å². The normalized spacial score (nSPS) is 24.3. The third kappa shape index (κ3) is 5.53. The van der Waals surface area contributed by atoms with Crippen LogP contribution in [-0.2, 0) is 0 Å². The van der Waals surface area contributed by atoms with E-state index >= 15 is 0 Å². The highest BCUT2D eigenvalue weighted by Crippen LogP contribution is 2.34. The number of hydrogen-bond donors (Lipinski definition) is 2. The summed E-state index contributed by atoms with van der Waals surface area (Å²) in [4.78, 5) is 0. The molecule has 0 radical (unpaired) electrons. The molecular weight excluding hydrogens is 268 g/mol. The maximum atomic E-state index is 3.98. The van der Waals surface area contributed by atoms with Gasteiger partial charge < -0.3 is 10.6 Å². The molecule has 0 spiro atoms. The minimum Gasteiger partial charge on any atom is -0.312 e. The van der Waals surface area contributed by atoms with E-state index in [-0.39, 0.29) is 0 Å². The first-order chi connectivity index (χ1) is 10.9. The molecule has 0 amide bonds.